The number of carbonyl (C=O) groups is 3. The second-order valence-corrected chi connectivity index (χ2v) is 8.23. The predicted octanol–water partition coefficient (Wildman–Crippen LogP) is 4.98. The Morgan fingerprint density at radius 2 is 1.69 bits per heavy atom. The largest absolute Gasteiger partial charge is 0.430 e. The molecule has 36 heavy (non-hydrogen) atoms. The molecule has 0 saturated heterocycles. The van der Waals surface area contributed by atoms with Crippen LogP contribution in [0, 0.1) is 5.82 Å². The van der Waals surface area contributed by atoms with Crippen LogP contribution in [0.3, 0.4) is 0 Å². The minimum Gasteiger partial charge on any atom is -0.430 e. The fourth-order valence-electron chi connectivity index (χ4n) is 3.42. The summed E-state index contributed by atoms with van der Waals surface area (Å²) in [6, 6.07) is 18.7. The van der Waals surface area contributed by atoms with Crippen LogP contribution in [0.2, 0.25) is 5.02 Å². The van der Waals surface area contributed by atoms with Gasteiger partial charge in [0.1, 0.15) is 5.82 Å². The molecule has 182 valence electrons. The smallest absolute Gasteiger partial charge is 0.287 e. The van der Waals surface area contributed by atoms with E-state index in [4.69, 9.17) is 21.8 Å². The molecule has 0 fully saturated rings. The zero-order valence-corrected chi connectivity index (χ0v) is 19.7. The number of anilines is 1. The summed E-state index contributed by atoms with van der Waals surface area (Å²) < 4.78 is 18.7. The number of nitrogens with zero attached hydrogens (tertiary/aromatic N) is 1. The standard InChI is InChI=1S/C26H20ClFN4O4/c1-14(15-5-3-2-4-6-15)30-25(35)21-22(23(29)33)36-26(32-21)16-7-10-18(11-8-16)31-24(34)19-12-9-17(28)13-20(19)27/h2-14H,1H3,(H2,29,33)(H,30,35)(H,31,34). The molecule has 0 bridgehead atoms. The number of carbonyl (C=O) groups excluding carboxylic acids is 3. The van der Waals surface area contributed by atoms with Crippen molar-refractivity contribution in [3.05, 3.63) is 106 Å². The van der Waals surface area contributed by atoms with Crippen molar-refractivity contribution in [2.45, 2.75) is 13.0 Å². The van der Waals surface area contributed by atoms with E-state index in [0.717, 1.165) is 17.7 Å². The van der Waals surface area contributed by atoms with Crippen LogP contribution in [-0.2, 0) is 0 Å². The van der Waals surface area contributed by atoms with Crippen molar-refractivity contribution in [3.63, 3.8) is 0 Å². The van der Waals surface area contributed by atoms with Crippen LogP contribution in [0.4, 0.5) is 10.1 Å². The van der Waals surface area contributed by atoms with Crippen molar-refractivity contribution in [2.24, 2.45) is 5.73 Å². The summed E-state index contributed by atoms with van der Waals surface area (Å²) >= 11 is 5.94. The first kappa shape index (κ1) is 24.6. The Kier molecular flexibility index (Phi) is 7.12. The van der Waals surface area contributed by atoms with E-state index in [1.54, 1.807) is 31.2 Å². The maximum Gasteiger partial charge on any atom is 0.287 e. The van der Waals surface area contributed by atoms with Crippen molar-refractivity contribution in [1.29, 1.82) is 0 Å². The summed E-state index contributed by atoms with van der Waals surface area (Å²) in [5.74, 6) is -3.00. The number of rotatable bonds is 7. The Labute approximate surface area is 210 Å². The van der Waals surface area contributed by atoms with Crippen molar-refractivity contribution >= 4 is 35.0 Å². The molecule has 0 aliphatic rings. The minimum absolute atomic E-state index is 0.000713. The summed E-state index contributed by atoms with van der Waals surface area (Å²) in [7, 11) is 0. The lowest BCUT2D eigenvalue weighted by atomic mass is 10.1. The lowest BCUT2D eigenvalue weighted by molar-refractivity contribution is 0.0911. The summed E-state index contributed by atoms with van der Waals surface area (Å²) in [6.45, 7) is 1.80. The predicted molar refractivity (Wildman–Crippen MR) is 132 cm³/mol. The van der Waals surface area contributed by atoms with E-state index < -0.39 is 23.5 Å². The van der Waals surface area contributed by atoms with Gasteiger partial charge in [0, 0.05) is 11.3 Å². The molecule has 0 saturated carbocycles. The molecule has 1 unspecified atom stereocenters. The van der Waals surface area contributed by atoms with E-state index in [9.17, 15) is 18.8 Å². The van der Waals surface area contributed by atoms with Gasteiger partial charge in [-0.05, 0) is 55.0 Å². The van der Waals surface area contributed by atoms with E-state index in [1.807, 2.05) is 30.3 Å². The van der Waals surface area contributed by atoms with E-state index in [2.05, 4.69) is 15.6 Å². The lowest BCUT2D eigenvalue weighted by Crippen LogP contribution is -2.29. The second kappa shape index (κ2) is 10.4. The van der Waals surface area contributed by atoms with Gasteiger partial charge in [-0.2, -0.15) is 0 Å². The number of nitrogens with one attached hydrogen (secondary N) is 2. The van der Waals surface area contributed by atoms with Crippen LogP contribution in [0.15, 0.2) is 77.2 Å². The van der Waals surface area contributed by atoms with Gasteiger partial charge in [0.15, 0.2) is 5.69 Å². The molecule has 1 aromatic heterocycles. The Balaban J connectivity index is 1.52. The Morgan fingerprint density at radius 1 is 1.00 bits per heavy atom. The van der Waals surface area contributed by atoms with E-state index in [0.29, 0.717) is 11.3 Å². The molecule has 3 aromatic carbocycles. The molecule has 4 aromatic rings. The van der Waals surface area contributed by atoms with Crippen molar-refractivity contribution in [2.75, 3.05) is 5.32 Å². The molecule has 0 radical (unpaired) electrons. The first-order valence-corrected chi connectivity index (χ1v) is 11.1. The average Bonchev–Trinajstić information content (AvgIpc) is 3.31. The van der Waals surface area contributed by atoms with Gasteiger partial charge in [-0.1, -0.05) is 41.9 Å². The first-order chi connectivity index (χ1) is 17.2. The quantitative estimate of drug-likeness (QED) is 0.326. The van der Waals surface area contributed by atoms with Crippen molar-refractivity contribution in [1.82, 2.24) is 10.3 Å². The highest BCUT2D eigenvalue weighted by Gasteiger charge is 2.26. The Morgan fingerprint density at radius 3 is 2.33 bits per heavy atom. The van der Waals surface area contributed by atoms with Gasteiger partial charge in [-0.25, -0.2) is 9.37 Å². The number of oxazole rings is 1. The summed E-state index contributed by atoms with van der Waals surface area (Å²) in [6.07, 6.45) is 0. The molecule has 0 aliphatic heterocycles. The molecule has 4 rings (SSSR count). The lowest BCUT2D eigenvalue weighted by Gasteiger charge is -2.13. The van der Waals surface area contributed by atoms with Gasteiger partial charge in [0.25, 0.3) is 17.7 Å². The van der Waals surface area contributed by atoms with E-state index in [-0.39, 0.29) is 34.0 Å². The van der Waals surface area contributed by atoms with Gasteiger partial charge in [-0.3, -0.25) is 14.4 Å². The highest BCUT2D eigenvalue weighted by Crippen LogP contribution is 2.25. The summed E-state index contributed by atoms with van der Waals surface area (Å²) in [5.41, 5.74) is 7.01. The number of primary amides is 1. The second-order valence-electron chi connectivity index (χ2n) is 7.82. The van der Waals surface area contributed by atoms with Gasteiger partial charge < -0.3 is 20.8 Å². The van der Waals surface area contributed by atoms with Crippen LogP contribution >= 0.6 is 11.6 Å². The maximum absolute atomic E-state index is 13.2. The van der Waals surface area contributed by atoms with Gasteiger partial charge in [0.2, 0.25) is 11.7 Å². The zero-order valence-electron chi connectivity index (χ0n) is 18.9. The van der Waals surface area contributed by atoms with Crippen LogP contribution in [0.25, 0.3) is 11.5 Å². The molecule has 10 heteroatoms. The molecule has 3 amide bonds. The molecule has 1 atom stereocenters. The molecular weight excluding hydrogens is 487 g/mol. The molecule has 1 heterocycles. The maximum atomic E-state index is 13.2. The average molecular weight is 507 g/mol. The monoisotopic (exact) mass is 506 g/mol. The third kappa shape index (κ3) is 5.42. The van der Waals surface area contributed by atoms with Gasteiger partial charge >= 0.3 is 0 Å². The molecular formula is C26H20ClFN4O4. The number of nitrogens with two attached hydrogens (primary N) is 1. The van der Waals surface area contributed by atoms with Crippen molar-refractivity contribution < 1.29 is 23.2 Å². The molecule has 0 spiro atoms. The van der Waals surface area contributed by atoms with E-state index in [1.165, 1.54) is 6.07 Å². The van der Waals surface area contributed by atoms with Crippen LogP contribution < -0.4 is 16.4 Å². The normalized spacial score (nSPS) is 11.5. The minimum atomic E-state index is -0.939. The first-order valence-electron chi connectivity index (χ1n) is 10.8. The third-order valence-electron chi connectivity index (χ3n) is 5.28. The number of aromatic nitrogens is 1. The van der Waals surface area contributed by atoms with Gasteiger partial charge in [-0.15, -0.1) is 0 Å². The van der Waals surface area contributed by atoms with Crippen LogP contribution in [0.5, 0.6) is 0 Å². The topological polar surface area (TPSA) is 127 Å². The fraction of sp³-hybridized carbons (Fsp3) is 0.0769. The number of hydrogen-bond donors (Lipinski definition) is 3. The third-order valence-corrected chi connectivity index (χ3v) is 5.59. The zero-order chi connectivity index (χ0) is 25.8. The van der Waals surface area contributed by atoms with Crippen LogP contribution in [0.1, 0.15) is 49.9 Å². The molecule has 4 N–H and O–H groups in total. The molecule has 8 nitrogen and oxygen atoms in total. The van der Waals surface area contributed by atoms with Crippen LogP contribution in [-0.4, -0.2) is 22.7 Å². The number of halogens is 2. The molecule has 0 aliphatic carbocycles. The SMILES string of the molecule is CC(NC(=O)c1nc(-c2ccc(NC(=O)c3ccc(F)cc3Cl)cc2)oc1C(N)=O)c1ccccc1. The highest BCUT2D eigenvalue weighted by atomic mass is 35.5. The fourth-order valence-corrected chi connectivity index (χ4v) is 3.68. The number of hydrogen-bond acceptors (Lipinski definition) is 5. The highest BCUT2D eigenvalue weighted by molar-refractivity contribution is 6.34. The van der Waals surface area contributed by atoms with Crippen molar-refractivity contribution in [3.8, 4) is 11.5 Å². The summed E-state index contributed by atoms with van der Waals surface area (Å²) in [4.78, 5) is 41.4. The van der Waals surface area contributed by atoms with E-state index >= 15 is 0 Å². The Hall–Kier alpha value is -4.50. The number of amides is 3. The summed E-state index contributed by atoms with van der Waals surface area (Å²) in [5, 5.41) is 5.41. The van der Waals surface area contributed by atoms with Gasteiger partial charge in [0.05, 0.1) is 16.6 Å². The Bertz CT molecular complexity index is 1440. The number of benzene rings is 3.